The zero-order valence-corrected chi connectivity index (χ0v) is 86.0. The van der Waals surface area contributed by atoms with Crippen molar-refractivity contribution >= 4 is 172 Å². The Balaban J connectivity index is 0.000000132. The maximum Gasteiger partial charge on any atom is 0.238 e. The molecular formula is C103H112Cl9N21O4S2. The van der Waals surface area contributed by atoms with Crippen LogP contribution in [0.5, 0.6) is 0 Å². The number of halogens is 9. The van der Waals surface area contributed by atoms with Gasteiger partial charge in [-0.3, -0.25) is 4.90 Å². The third-order valence-corrected chi connectivity index (χ3v) is 33.0. The molecule has 1 aliphatic heterocycles. The lowest BCUT2D eigenvalue weighted by atomic mass is 9.45. The molecule has 13 aromatic rings. The van der Waals surface area contributed by atoms with Crippen molar-refractivity contribution in [1.29, 1.82) is 0 Å². The number of hydrogen-bond acceptors (Lipinski definition) is 23. The number of primary sulfonamides is 2. The molecule has 7 saturated carbocycles. The lowest BCUT2D eigenvalue weighted by Crippen LogP contribution is -2.58. The average Bonchev–Trinajstić information content (AvgIpc) is 0.721. The molecule has 4 atom stereocenters. The Labute approximate surface area is 857 Å². The van der Waals surface area contributed by atoms with Crippen molar-refractivity contribution in [2.45, 2.75) is 165 Å². The minimum Gasteiger partial charge on any atom is -0.370 e. The van der Waals surface area contributed by atoms with Crippen LogP contribution in [0.15, 0.2) is 204 Å². The second-order valence-corrected chi connectivity index (χ2v) is 44.4. The van der Waals surface area contributed by atoms with Crippen molar-refractivity contribution in [3.8, 4) is 56.3 Å². The maximum absolute atomic E-state index is 11.3. The highest BCUT2D eigenvalue weighted by Crippen LogP contribution is 2.62. The van der Waals surface area contributed by atoms with Gasteiger partial charge in [0, 0.05) is 87.1 Å². The number of fused-ring (bicyclic) bond motifs is 2. The van der Waals surface area contributed by atoms with Crippen LogP contribution in [0.1, 0.15) is 138 Å². The van der Waals surface area contributed by atoms with Gasteiger partial charge in [-0.05, 0) is 264 Å². The van der Waals surface area contributed by atoms with Gasteiger partial charge in [-0.25, -0.2) is 62.0 Å². The molecule has 139 heavy (non-hydrogen) atoms. The summed E-state index contributed by atoms with van der Waals surface area (Å²) in [6.07, 6.45) is 17.7. The summed E-state index contributed by atoms with van der Waals surface area (Å²) < 4.78 is 45.2. The quantitative estimate of drug-likeness (QED) is 0.0269. The van der Waals surface area contributed by atoms with Crippen LogP contribution < -0.4 is 54.9 Å². The topological polar surface area (TPSA) is 419 Å². The molecule has 0 spiro atoms. The molecule has 21 rings (SSSR count). The molecule has 17 N–H and O–H groups in total. The number of hydrogen-bond donors (Lipinski definition) is 10. The van der Waals surface area contributed by atoms with Gasteiger partial charge in [0.25, 0.3) is 0 Å². The SMILES string of the molecule is CC1CCN(Cc2cccc(CCc3cc(-c4cccc(Cl)c4Cl)nc(N)n3)c2)CC1.C[C@@H]1[C@H]2C[C@@H](C[C@H]1Nc1cc(-c3cccc(Cl)c3Cl)nc(N)n1)C2(C)C.Cc1c(Cl)cccc1-c1cc(CCCc2ccc(S(N)(=O)=O)cc2)nc(N)n1.Nc1nc(NC23CC4CC(CC(C4)C2)C3)cc(-c2cccc(Cl)c2Cl)n1.Nc1nc(NCCc2ccc(S(N)(=O)=O)cc2)cc(-c2cccc(Cl)c2Cl)n1. The van der Waals surface area contributed by atoms with Gasteiger partial charge in [-0.15, -0.1) is 0 Å². The predicted molar refractivity (Wildman–Crippen MR) is 568 cm³/mol. The minimum atomic E-state index is -3.69. The van der Waals surface area contributed by atoms with Gasteiger partial charge in [0.2, 0.25) is 49.8 Å². The van der Waals surface area contributed by atoms with Gasteiger partial charge in [0.15, 0.2) is 0 Å². The summed E-state index contributed by atoms with van der Waals surface area (Å²) in [6, 6.07) is 59.2. The summed E-state index contributed by atoms with van der Waals surface area (Å²) >= 11 is 56.1. The van der Waals surface area contributed by atoms with E-state index in [0.29, 0.717) is 110 Å². The third-order valence-electron chi connectivity index (χ3n) is 27.5. The predicted octanol–water partition coefficient (Wildman–Crippen LogP) is 23.8. The van der Waals surface area contributed by atoms with Gasteiger partial charge >= 0.3 is 0 Å². The van der Waals surface area contributed by atoms with Gasteiger partial charge < -0.3 is 44.6 Å². The molecule has 728 valence electrons. The van der Waals surface area contributed by atoms with Crippen LogP contribution in [0.3, 0.4) is 0 Å². The lowest BCUT2D eigenvalue weighted by Gasteiger charge is -2.62. The zero-order valence-electron chi connectivity index (χ0n) is 77.5. The third kappa shape index (κ3) is 26.5. The first-order chi connectivity index (χ1) is 66.2. The number of nitrogens with zero attached hydrogens (tertiary/aromatic N) is 11. The Bertz CT molecular complexity index is 6640. The van der Waals surface area contributed by atoms with Crippen molar-refractivity contribution in [2.75, 3.05) is 64.3 Å². The molecule has 6 bridgehead atoms. The number of benzene rings is 8. The molecule has 8 aromatic carbocycles. The molecule has 1 saturated heterocycles. The van der Waals surface area contributed by atoms with Crippen LogP contribution in [0, 0.1) is 53.8 Å². The monoisotopic (exact) mass is 2090 g/mol. The number of piperidine rings is 1. The standard InChI is InChI=1S/C25H28Cl2N4.C20H22Cl2N4.C20H24Cl2N4.C20H21ClN4O2S.C18H17Cl2N5O2S/c1-17-10-12-31(13-11-17)16-19-5-2-4-18(14-19)8-9-20-15-23(30-25(28)29-20)21-6-3-7-22(26)24(21)27;21-15-3-1-2-14(18(15)22)16-7-17(25-19(23)24-16)26-20-8-11-4-12(9-20)6-13(5-11)10-20;1-10-13-7-11(20(13,2)3)8-15(10)24-17-9-16(25-19(23)26-17)12-5-4-6-14(21)18(12)22;1-13-17(6-3-7-18(13)21)19-12-15(24-20(22)25-19)5-2-4-14-8-10-16(11-9-14)28(23,26)27;19-14-3-1-2-13(17(14)20)15-10-16(25-18(21)24-15)23-9-8-11-4-6-12(7-5-11)28(22,26)27/h2-7,14-15,17H,8-13,16H2,1H3,(H2,28,29,30);1-3,7,11-13H,4-6,8-10H2,(H3,23,24,25,26);4-6,9-11,13,15H,7-8H2,1-3H3,(H3,23,24,25,26);3,6-12H,2,4-5H2,1H3,(H2,22,24,25)(H2,23,26,27);1-7,10H,8-9H2,(H2,22,26,27)(H3,21,23,24,25)/t;;10-,11+,13-,15-;;/m..1../s1. The fourth-order valence-corrected chi connectivity index (χ4v) is 23.3. The number of nitrogen functional groups attached to an aromatic ring is 5. The van der Waals surface area contributed by atoms with E-state index in [1.54, 1.807) is 66.7 Å². The number of likely N-dealkylation sites (tertiary alicyclic amines) is 1. The fourth-order valence-electron chi connectivity index (χ4n) is 20.5. The molecule has 0 amide bonds. The van der Waals surface area contributed by atoms with Crippen molar-refractivity contribution in [2.24, 2.45) is 57.1 Å². The Kier molecular flexibility index (Phi) is 33.5. The van der Waals surface area contributed by atoms with Crippen LogP contribution >= 0.6 is 104 Å². The van der Waals surface area contributed by atoms with Gasteiger partial charge in [-0.1, -0.05) is 241 Å². The van der Waals surface area contributed by atoms with Crippen LogP contribution in [0.25, 0.3) is 56.3 Å². The van der Waals surface area contributed by atoms with Crippen LogP contribution in [0.4, 0.5) is 47.2 Å². The smallest absolute Gasteiger partial charge is 0.238 e. The second-order valence-electron chi connectivity index (χ2n) is 37.7. The molecule has 5 aromatic heterocycles. The summed E-state index contributed by atoms with van der Waals surface area (Å²) in [5.74, 6) is 8.76. The summed E-state index contributed by atoms with van der Waals surface area (Å²) in [6.45, 7) is 15.4. The molecule has 7 aliphatic carbocycles. The number of nitrogens with two attached hydrogens (primary N) is 7. The van der Waals surface area contributed by atoms with E-state index >= 15 is 0 Å². The summed E-state index contributed by atoms with van der Waals surface area (Å²) in [4.78, 5) is 46.2. The first-order valence-corrected chi connectivity index (χ1v) is 52.8. The van der Waals surface area contributed by atoms with Crippen molar-refractivity contribution in [3.63, 3.8) is 0 Å². The van der Waals surface area contributed by atoms with E-state index in [1.165, 1.54) is 113 Å². The molecule has 8 fully saturated rings. The molecule has 6 heterocycles. The Morgan fingerprint density at radius 1 is 0.403 bits per heavy atom. The zero-order chi connectivity index (χ0) is 98.9. The molecule has 0 unspecified atom stereocenters. The van der Waals surface area contributed by atoms with E-state index in [4.69, 9.17) is 143 Å². The molecule has 8 aliphatic rings. The average molecular weight is 2090 g/mol. The highest BCUT2D eigenvalue weighted by atomic mass is 35.5. The first-order valence-electron chi connectivity index (χ1n) is 46.3. The summed E-state index contributed by atoms with van der Waals surface area (Å²) in [7, 11) is -7.36. The number of sulfonamides is 2. The number of aryl methyl sites for hydroxylation is 4. The van der Waals surface area contributed by atoms with Crippen molar-refractivity contribution in [3.05, 3.63) is 279 Å². The highest BCUT2D eigenvalue weighted by Gasteiger charge is 2.56. The Morgan fingerprint density at radius 2 is 0.799 bits per heavy atom. The Morgan fingerprint density at radius 3 is 1.27 bits per heavy atom. The Hall–Kier alpha value is -10.1. The van der Waals surface area contributed by atoms with Crippen molar-refractivity contribution in [1.82, 2.24) is 54.7 Å². The lowest BCUT2D eigenvalue weighted by molar-refractivity contribution is -0.105. The fraction of sp³-hybridized carbons (Fsp3) is 0.340. The van der Waals surface area contributed by atoms with E-state index in [0.717, 1.165) is 142 Å². The van der Waals surface area contributed by atoms with E-state index in [1.807, 2.05) is 85.8 Å². The van der Waals surface area contributed by atoms with Gasteiger partial charge in [0.05, 0.1) is 78.4 Å². The molecule has 25 nitrogen and oxygen atoms in total. The molecule has 36 heteroatoms. The summed E-state index contributed by atoms with van der Waals surface area (Å²) in [5.41, 5.74) is 45.0. The number of nitrogens with one attached hydrogen (secondary N) is 3. The normalized spacial score (nSPS) is 19.5. The maximum atomic E-state index is 11.3. The van der Waals surface area contributed by atoms with E-state index in [9.17, 15) is 16.8 Å². The second kappa shape index (κ2) is 45.0. The largest absolute Gasteiger partial charge is 0.370 e. The molecular weight excluding hydrogens is 1980 g/mol. The number of anilines is 8. The highest BCUT2D eigenvalue weighted by molar-refractivity contribution is 7.89. The van der Waals surface area contributed by atoms with Crippen molar-refractivity contribution < 1.29 is 16.8 Å². The van der Waals surface area contributed by atoms with E-state index in [2.05, 4.69) is 123 Å². The van der Waals surface area contributed by atoms with E-state index < -0.39 is 20.0 Å². The van der Waals surface area contributed by atoms with Crippen LogP contribution in [-0.4, -0.2) is 103 Å². The van der Waals surface area contributed by atoms with Gasteiger partial charge in [-0.2, -0.15) is 15.0 Å². The van der Waals surface area contributed by atoms with Gasteiger partial charge in [0.1, 0.15) is 17.5 Å². The van der Waals surface area contributed by atoms with E-state index in [-0.39, 0.29) is 45.1 Å². The molecule has 0 radical (unpaired) electrons. The minimum absolute atomic E-state index is 0.0795. The first kappa shape index (κ1) is 103. The summed E-state index contributed by atoms with van der Waals surface area (Å²) in [5, 5.41) is 25.2. The number of aromatic nitrogens is 10. The van der Waals surface area contributed by atoms with Crippen LogP contribution in [-0.2, 0) is 58.7 Å². The van der Waals surface area contributed by atoms with Crippen LogP contribution in [0.2, 0.25) is 45.2 Å². The number of rotatable bonds is 24.